The minimum atomic E-state index is -0.292. The standard InChI is InChI=1S/C20H23N3O3/c1-14-6-8-17(9-7-14)23-13-15(10-19(23)24)12-21-20(25)22-16-4-3-5-18(11-16)26-2/h3-9,11,15H,10,12-13H2,1-2H3,(H2,21,22,25)/t15-/m1/s1. The Hall–Kier alpha value is -3.02. The second-order valence-corrected chi connectivity index (χ2v) is 6.48. The Bertz CT molecular complexity index is 789. The van der Waals surface area contributed by atoms with Gasteiger partial charge in [-0.25, -0.2) is 4.79 Å². The summed E-state index contributed by atoms with van der Waals surface area (Å²) in [5, 5.41) is 5.61. The van der Waals surface area contributed by atoms with Crippen LogP contribution < -0.4 is 20.3 Å². The van der Waals surface area contributed by atoms with Crippen LogP contribution in [0.5, 0.6) is 5.75 Å². The van der Waals surface area contributed by atoms with Gasteiger partial charge in [0.05, 0.1) is 7.11 Å². The molecule has 2 aromatic carbocycles. The van der Waals surface area contributed by atoms with Gasteiger partial charge in [-0.15, -0.1) is 0 Å². The van der Waals surface area contributed by atoms with Crippen molar-refractivity contribution in [2.24, 2.45) is 5.92 Å². The summed E-state index contributed by atoms with van der Waals surface area (Å²) in [5.41, 5.74) is 2.72. The fourth-order valence-electron chi connectivity index (χ4n) is 3.01. The fraction of sp³-hybridized carbons (Fsp3) is 0.300. The molecule has 26 heavy (non-hydrogen) atoms. The molecule has 6 nitrogen and oxygen atoms in total. The van der Waals surface area contributed by atoms with E-state index in [1.165, 1.54) is 0 Å². The molecule has 136 valence electrons. The number of nitrogens with one attached hydrogen (secondary N) is 2. The van der Waals surface area contributed by atoms with E-state index < -0.39 is 0 Å². The van der Waals surface area contributed by atoms with Crippen LogP contribution in [0.15, 0.2) is 48.5 Å². The summed E-state index contributed by atoms with van der Waals surface area (Å²) >= 11 is 0. The van der Waals surface area contributed by atoms with Gasteiger partial charge in [0.1, 0.15) is 5.75 Å². The molecular weight excluding hydrogens is 330 g/mol. The van der Waals surface area contributed by atoms with Gasteiger partial charge in [-0.2, -0.15) is 0 Å². The van der Waals surface area contributed by atoms with Gasteiger partial charge in [0.25, 0.3) is 0 Å². The Morgan fingerprint density at radius 3 is 2.73 bits per heavy atom. The molecule has 2 aromatic rings. The van der Waals surface area contributed by atoms with Gasteiger partial charge >= 0.3 is 6.03 Å². The molecule has 0 spiro atoms. The molecule has 1 saturated heterocycles. The summed E-state index contributed by atoms with van der Waals surface area (Å²) in [6, 6.07) is 14.8. The molecule has 3 amide bonds. The first-order chi connectivity index (χ1) is 12.5. The Balaban J connectivity index is 1.51. The molecule has 6 heteroatoms. The van der Waals surface area contributed by atoms with Crippen molar-refractivity contribution in [3.63, 3.8) is 0 Å². The van der Waals surface area contributed by atoms with Crippen LogP contribution in [0.4, 0.5) is 16.2 Å². The lowest BCUT2D eigenvalue weighted by Crippen LogP contribution is -2.34. The third kappa shape index (κ3) is 4.33. The number of hydrogen-bond acceptors (Lipinski definition) is 3. The average molecular weight is 353 g/mol. The smallest absolute Gasteiger partial charge is 0.319 e. The second kappa shape index (κ2) is 7.91. The third-order valence-electron chi connectivity index (χ3n) is 4.43. The van der Waals surface area contributed by atoms with E-state index in [4.69, 9.17) is 4.74 Å². The number of rotatable bonds is 5. The summed E-state index contributed by atoms with van der Waals surface area (Å²) in [6.07, 6.45) is 0.438. The number of nitrogens with zero attached hydrogens (tertiary/aromatic N) is 1. The predicted molar refractivity (Wildman–Crippen MR) is 102 cm³/mol. The Morgan fingerprint density at radius 1 is 1.23 bits per heavy atom. The molecule has 0 aliphatic carbocycles. The van der Waals surface area contributed by atoms with Crippen molar-refractivity contribution in [1.82, 2.24) is 5.32 Å². The first-order valence-electron chi connectivity index (χ1n) is 8.61. The molecule has 0 saturated carbocycles. The summed E-state index contributed by atoms with van der Waals surface area (Å²) < 4.78 is 5.14. The van der Waals surface area contributed by atoms with Crippen molar-refractivity contribution in [3.8, 4) is 5.75 Å². The summed E-state index contributed by atoms with van der Waals surface area (Å²) in [6.45, 7) is 3.08. The quantitative estimate of drug-likeness (QED) is 0.867. The van der Waals surface area contributed by atoms with Gasteiger partial charge in [0.2, 0.25) is 5.91 Å². The van der Waals surface area contributed by atoms with E-state index in [9.17, 15) is 9.59 Å². The number of aryl methyl sites for hydroxylation is 1. The van der Waals surface area contributed by atoms with Crippen LogP contribution in [0.1, 0.15) is 12.0 Å². The predicted octanol–water partition coefficient (Wildman–Crippen LogP) is 3.18. The molecule has 3 rings (SSSR count). The Morgan fingerprint density at radius 2 is 2.00 bits per heavy atom. The molecule has 1 aliphatic rings. The monoisotopic (exact) mass is 353 g/mol. The van der Waals surface area contributed by atoms with E-state index >= 15 is 0 Å². The first-order valence-corrected chi connectivity index (χ1v) is 8.61. The highest BCUT2D eigenvalue weighted by molar-refractivity contribution is 5.96. The van der Waals surface area contributed by atoms with E-state index in [-0.39, 0.29) is 17.9 Å². The minimum absolute atomic E-state index is 0.0915. The van der Waals surface area contributed by atoms with Crippen LogP contribution in [-0.2, 0) is 4.79 Å². The molecule has 1 fully saturated rings. The van der Waals surface area contributed by atoms with Gasteiger partial charge in [0.15, 0.2) is 0 Å². The van der Waals surface area contributed by atoms with E-state index in [1.807, 2.05) is 43.3 Å². The van der Waals surface area contributed by atoms with E-state index in [0.29, 0.717) is 30.9 Å². The number of urea groups is 1. The number of anilines is 2. The number of ether oxygens (including phenoxy) is 1. The van der Waals surface area contributed by atoms with Crippen LogP contribution in [-0.4, -0.2) is 32.1 Å². The SMILES string of the molecule is COc1cccc(NC(=O)NC[C@H]2CC(=O)N(c3ccc(C)cc3)C2)c1. The molecular formula is C20H23N3O3. The molecule has 0 aromatic heterocycles. The Kier molecular flexibility index (Phi) is 5.41. The van der Waals surface area contributed by atoms with Crippen molar-refractivity contribution in [3.05, 3.63) is 54.1 Å². The molecule has 0 radical (unpaired) electrons. The minimum Gasteiger partial charge on any atom is -0.497 e. The maximum Gasteiger partial charge on any atom is 0.319 e. The fourth-order valence-corrected chi connectivity index (χ4v) is 3.01. The van der Waals surface area contributed by atoms with Gasteiger partial charge in [0, 0.05) is 42.9 Å². The average Bonchev–Trinajstić information content (AvgIpc) is 3.01. The lowest BCUT2D eigenvalue weighted by Gasteiger charge is -2.17. The zero-order valence-corrected chi connectivity index (χ0v) is 15.0. The van der Waals surface area contributed by atoms with Crippen LogP contribution >= 0.6 is 0 Å². The molecule has 1 atom stereocenters. The van der Waals surface area contributed by atoms with Gasteiger partial charge in [-0.1, -0.05) is 23.8 Å². The number of carbonyl (C=O) groups excluding carboxylic acids is 2. The molecule has 0 unspecified atom stereocenters. The van der Waals surface area contributed by atoms with Gasteiger partial charge in [-0.3, -0.25) is 4.79 Å². The highest BCUT2D eigenvalue weighted by Gasteiger charge is 2.30. The molecule has 1 aliphatic heterocycles. The molecule has 0 bridgehead atoms. The Labute approximate surface area is 153 Å². The number of carbonyl (C=O) groups is 2. The van der Waals surface area contributed by atoms with Crippen molar-refractivity contribution in [2.45, 2.75) is 13.3 Å². The number of benzene rings is 2. The number of methoxy groups -OCH3 is 1. The van der Waals surface area contributed by atoms with Crippen molar-refractivity contribution in [2.75, 3.05) is 30.4 Å². The summed E-state index contributed by atoms with van der Waals surface area (Å²) in [4.78, 5) is 26.1. The van der Waals surface area contributed by atoms with Crippen LogP contribution in [0.3, 0.4) is 0 Å². The maximum absolute atomic E-state index is 12.3. The largest absolute Gasteiger partial charge is 0.497 e. The molecule has 1 heterocycles. The lowest BCUT2D eigenvalue weighted by molar-refractivity contribution is -0.117. The first kappa shape index (κ1) is 17.8. The zero-order chi connectivity index (χ0) is 18.5. The number of amides is 3. The highest BCUT2D eigenvalue weighted by Crippen LogP contribution is 2.25. The number of hydrogen-bond donors (Lipinski definition) is 2. The maximum atomic E-state index is 12.3. The molecule has 2 N–H and O–H groups in total. The van der Waals surface area contributed by atoms with Crippen molar-refractivity contribution >= 4 is 23.3 Å². The van der Waals surface area contributed by atoms with E-state index in [2.05, 4.69) is 10.6 Å². The van der Waals surface area contributed by atoms with E-state index in [1.54, 1.807) is 24.1 Å². The third-order valence-corrected chi connectivity index (χ3v) is 4.43. The topological polar surface area (TPSA) is 70.7 Å². The van der Waals surface area contributed by atoms with Crippen LogP contribution in [0, 0.1) is 12.8 Å². The van der Waals surface area contributed by atoms with Gasteiger partial charge in [-0.05, 0) is 31.2 Å². The van der Waals surface area contributed by atoms with Crippen molar-refractivity contribution < 1.29 is 14.3 Å². The lowest BCUT2D eigenvalue weighted by atomic mass is 10.1. The summed E-state index contributed by atoms with van der Waals surface area (Å²) in [5.74, 6) is 0.867. The second-order valence-electron chi connectivity index (χ2n) is 6.48. The normalized spacial score (nSPS) is 16.5. The van der Waals surface area contributed by atoms with E-state index in [0.717, 1.165) is 11.3 Å². The van der Waals surface area contributed by atoms with Crippen LogP contribution in [0.25, 0.3) is 0 Å². The van der Waals surface area contributed by atoms with Crippen LogP contribution in [0.2, 0.25) is 0 Å². The summed E-state index contributed by atoms with van der Waals surface area (Å²) in [7, 11) is 1.58. The highest BCUT2D eigenvalue weighted by atomic mass is 16.5. The van der Waals surface area contributed by atoms with Crippen molar-refractivity contribution in [1.29, 1.82) is 0 Å². The zero-order valence-electron chi connectivity index (χ0n) is 15.0. The van der Waals surface area contributed by atoms with Gasteiger partial charge < -0.3 is 20.3 Å².